The molecule has 0 unspecified atom stereocenters. The van der Waals surface area contributed by atoms with Crippen LogP contribution in [0.1, 0.15) is 0 Å². The van der Waals surface area contributed by atoms with E-state index in [1.807, 2.05) is 0 Å². The minimum Gasteiger partial charge on any atom is -0.354 e. The van der Waals surface area contributed by atoms with Crippen molar-refractivity contribution in [3.8, 4) is 0 Å². The highest BCUT2D eigenvalue weighted by Crippen LogP contribution is 2.26. The molecule has 152 valence electrons. The Bertz CT molecular complexity index is 1970. The third kappa shape index (κ3) is 2.51. The van der Waals surface area contributed by atoms with Crippen LogP contribution >= 0.6 is 31.9 Å². The Morgan fingerprint density at radius 1 is 0.469 bits per heavy atom. The van der Waals surface area contributed by atoms with Crippen molar-refractivity contribution >= 4 is 53.7 Å². The Balaban J connectivity index is 2.07. The summed E-state index contributed by atoms with van der Waals surface area (Å²) in [5, 5.41) is 12.2. The maximum absolute atomic E-state index is 3.74. The first kappa shape index (κ1) is 18.5. The largest absolute Gasteiger partial charge is 0.354 e. The van der Waals surface area contributed by atoms with Gasteiger partial charge in [-0.15, -0.1) is 0 Å². The third-order valence-electron chi connectivity index (χ3n) is 6.45. The fraction of sp³-hybridized carbons (Fsp3) is 0. The molecule has 2 aromatic heterocycles. The van der Waals surface area contributed by atoms with Crippen molar-refractivity contribution in [1.82, 2.24) is 9.97 Å². The van der Waals surface area contributed by atoms with Crippen LogP contribution in [0.2, 0.25) is 0 Å². The topological polar surface area (TPSA) is 31.6 Å². The zero-order valence-electron chi connectivity index (χ0n) is 16.8. The molecule has 2 N–H and O–H groups in total. The summed E-state index contributed by atoms with van der Waals surface area (Å²) in [6.07, 6.45) is 0. The molecule has 4 aromatic carbocycles. The Hall–Kier alpha value is -3.08. The molecule has 0 fully saturated rings. The zero-order valence-corrected chi connectivity index (χ0v) is 20.0. The minimum atomic E-state index is 1.08. The Kier molecular flexibility index (Phi) is 3.88. The molecule has 32 heavy (non-hydrogen) atoms. The maximum atomic E-state index is 3.74. The van der Waals surface area contributed by atoms with Crippen molar-refractivity contribution in [3.05, 3.63) is 136 Å². The van der Waals surface area contributed by atoms with Crippen molar-refractivity contribution in [3.63, 3.8) is 0 Å². The monoisotopic (exact) mass is 538 g/mol. The molecule has 0 bridgehead atoms. The van der Waals surface area contributed by atoms with Crippen LogP contribution in [0.15, 0.2) is 93.9 Å². The van der Waals surface area contributed by atoms with E-state index in [0.29, 0.717) is 0 Å². The molecule has 4 heteroatoms. The predicted molar refractivity (Wildman–Crippen MR) is 136 cm³/mol. The highest BCUT2D eigenvalue weighted by molar-refractivity contribution is 9.10. The van der Waals surface area contributed by atoms with Crippen LogP contribution in [0, 0.1) is 42.0 Å². The van der Waals surface area contributed by atoms with Gasteiger partial charge < -0.3 is 9.97 Å². The van der Waals surface area contributed by atoms with Gasteiger partial charge in [0.1, 0.15) is 0 Å². The molecule has 0 radical (unpaired) electrons. The molecule has 0 amide bonds. The van der Waals surface area contributed by atoms with Crippen LogP contribution in [0.5, 0.6) is 0 Å². The summed E-state index contributed by atoms with van der Waals surface area (Å²) in [4.78, 5) is 7.48. The lowest BCUT2D eigenvalue weighted by atomic mass is 10.1. The number of halogens is 2. The summed E-state index contributed by atoms with van der Waals surface area (Å²) >= 11 is 7.38. The van der Waals surface area contributed by atoms with E-state index in [0.717, 1.165) is 30.7 Å². The normalized spacial score (nSPS) is 16.6. The molecule has 0 aliphatic heterocycles. The van der Waals surface area contributed by atoms with Gasteiger partial charge in [0, 0.05) is 51.6 Å². The molecule has 1 aliphatic carbocycles. The van der Waals surface area contributed by atoms with Gasteiger partial charge in [0.05, 0.1) is 10.7 Å². The lowest BCUT2D eigenvalue weighted by Crippen LogP contribution is -1.87. The van der Waals surface area contributed by atoms with Gasteiger partial charge in [-0.2, -0.15) is 0 Å². The smallest absolute Gasteiger partial charge is 0.0551 e. The fourth-order valence-electron chi connectivity index (χ4n) is 5.13. The molecule has 1 aliphatic rings. The first-order valence-corrected chi connectivity index (χ1v) is 12.1. The van der Waals surface area contributed by atoms with Crippen molar-refractivity contribution in [2.24, 2.45) is 0 Å². The van der Waals surface area contributed by atoms with Crippen LogP contribution in [0.25, 0.3) is 21.8 Å². The summed E-state index contributed by atoms with van der Waals surface area (Å²) in [7, 11) is 0. The van der Waals surface area contributed by atoms with E-state index >= 15 is 0 Å². The lowest BCUT2D eigenvalue weighted by molar-refractivity contribution is 1.22. The average molecular weight is 540 g/mol. The van der Waals surface area contributed by atoms with Gasteiger partial charge in [-0.25, -0.2) is 0 Å². The maximum Gasteiger partial charge on any atom is 0.0551 e. The summed E-state index contributed by atoms with van der Waals surface area (Å²) in [6.45, 7) is 0. The first-order chi connectivity index (χ1) is 15.7. The Labute approximate surface area is 198 Å². The number of H-pyrrole nitrogens is 2. The molecule has 0 atom stereocenters. The average Bonchev–Trinajstić information content (AvgIpc) is 3.35. The molecule has 2 heterocycles. The number of aromatic nitrogens is 2. The van der Waals surface area contributed by atoms with Gasteiger partial charge in [0.2, 0.25) is 0 Å². The molecular weight excluding hydrogens is 524 g/mol. The first-order valence-electron chi connectivity index (χ1n) is 10.5. The van der Waals surface area contributed by atoms with Crippen LogP contribution in [-0.2, 0) is 0 Å². The Morgan fingerprint density at radius 2 is 0.875 bits per heavy atom. The van der Waals surface area contributed by atoms with E-state index < -0.39 is 0 Å². The second kappa shape index (κ2) is 6.71. The Morgan fingerprint density at radius 3 is 1.31 bits per heavy atom. The highest BCUT2D eigenvalue weighted by atomic mass is 79.9. The number of nitrogens with one attached hydrogen (secondary N) is 2. The van der Waals surface area contributed by atoms with E-state index in [9.17, 15) is 0 Å². The highest BCUT2D eigenvalue weighted by Gasteiger charge is 2.09. The molecule has 7 rings (SSSR count). The number of fused-ring (bicyclic) bond motifs is 8. The molecule has 2 nitrogen and oxygen atoms in total. The van der Waals surface area contributed by atoms with Crippen LogP contribution in [0.3, 0.4) is 0 Å². The number of benzene rings is 4. The summed E-state index contributed by atoms with van der Waals surface area (Å²) < 4.78 is 2.16. The van der Waals surface area contributed by atoms with Crippen LogP contribution in [-0.4, -0.2) is 9.97 Å². The summed E-state index contributed by atoms with van der Waals surface area (Å²) in [5.41, 5.74) is 2.28. The van der Waals surface area contributed by atoms with E-state index in [2.05, 4.69) is 127 Å². The van der Waals surface area contributed by atoms with Gasteiger partial charge in [0.25, 0.3) is 0 Å². The van der Waals surface area contributed by atoms with Crippen molar-refractivity contribution in [2.45, 2.75) is 0 Å². The second-order valence-electron chi connectivity index (χ2n) is 8.22. The minimum absolute atomic E-state index is 1.08. The zero-order chi connectivity index (χ0) is 21.4. The van der Waals surface area contributed by atoms with Crippen LogP contribution in [0.4, 0.5) is 0 Å². The van der Waals surface area contributed by atoms with Crippen molar-refractivity contribution in [2.75, 3.05) is 0 Å². The van der Waals surface area contributed by atoms with E-state index in [1.165, 1.54) is 42.1 Å². The van der Waals surface area contributed by atoms with Gasteiger partial charge in [0.15, 0.2) is 0 Å². The standard InChI is InChI=1S/C28H16Br2N2/c29-15-9-11-23-21(13-15)25-17-5-1-2-6-18(17)26-22-14-16(30)10-12-24(22)32-28(26)20-8-4-3-7-19(20)27(25)31-23/h1-14,31-32H/b25-17-,26-18-,27-19+,28-20+. The summed E-state index contributed by atoms with van der Waals surface area (Å²) in [5.74, 6) is 0. The lowest BCUT2D eigenvalue weighted by Gasteiger charge is -1.98. The van der Waals surface area contributed by atoms with Crippen LogP contribution < -0.4 is 0 Å². The molecular formula is C28H16Br2N2. The number of hydrogen-bond acceptors (Lipinski definition) is 0. The van der Waals surface area contributed by atoms with Gasteiger partial charge in [-0.3, -0.25) is 0 Å². The third-order valence-corrected chi connectivity index (χ3v) is 7.44. The quantitative estimate of drug-likeness (QED) is 0.198. The molecule has 0 saturated heterocycles. The van der Waals surface area contributed by atoms with Crippen molar-refractivity contribution < 1.29 is 0 Å². The number of rotatable bonds is 0. The fourth-order valence-corrected chi connectivity index (χ4v) is 5.85. The predicted octanol–water partition coefficient (Wildman–Crippen LogP) is 7.64. The van der Waals surface area contributed by atoms with Crippen molar-refractivity contribution in [1.29, 1.82) is 0 Å². The molecule has 0 spiro atoms. The molecule has 6 aromatic rings. The van der Waals surface area contributed by atoms with E-state index in [-0.39, 0.29) is 0 Å². The van der Waals surface area contributed by atoms with E-state index in [1.54, 1.807) is 0 Å². The SMILES string of the molecule is Brc1ccc2[nH]c3/c(c2c1)=c1/cccc/c1=c1/c([nH]c2ccc(Br)cc12)=c1/cccc/c1=3. The summed E-state index contributed by atoms with van der Waals surface area (Å²) in [6, 6.07) is 30.4. The van der Waals surface area contributed by atoms with E-state index in [4.69, 9.17) is 0 Å². The number of aromatic amines is 2. The number of hydrogen-bond donors (Lipinski definition) is 2. The second-order valence-corrected chi connectivity index (χ2v) is 10.1. The van der Waals surface area contributed by atoms with Gasteiger partial charge in [-0.05, 0) is 46.8 Å². The van der Waals surface area contributed by atoms with Gasteiger partial charge in [-0.1, -0.05) is 80.4 Å². The van der Waals surface area contributed by atoms with Gasteiger partial charge >= 0.3 is 0 Å². The molecule has 0 saturated carbocycles.